The molecule has 28 heavy (non-hydrogen) atoms. The average Bonchev–Trinajstić information content (AvgIpc) is 3.04. The molecule has 0 radical (unpaired) electrons. The summed E-state index contributed by atoms with van der Waals surface area (Å²) >= 11 is 1.73. The van der Waals surface area contributed by atoms with Crippen molar-refractivity contribution < 1.29 is 9.90 Å². The van der Waals surface area contributed by atoms with Gasteiger partial charge in [0.1, 0.15) is 4.83 Å². The minimum atomic E-state index is -1.01. The molecule has 0 amide bonds. The lowest BCUT2D eigenvalue weighted by Crippen LogP contribution is -2.30. The van der Waals surface area contributed by atoms with Crippen molar-refractivity contribution in [2.24, 2.45) is 0 Å². The van der Waals surface area contributed by atoms with Crippen LogP contribution in [0, 0.1) is 13.8 Å². The quantitative estimate of drug-likeness (QED) is 0.715. The molecule has 0 saturated heterocycles. The smallest absolute Gasteiger partial charge is 0.124 e. The van der Waals surface area contributed by atoms with E-state index >= 15 is 0 Å². The SMILES string of the molecule is CCCC(C(=O)[O-])c1c(C)nc2sc3c(c2c1-c1ccc(C)cc1)CCNC3. The molecule has 3 heterocycles. The van der Waals surface area contributed by atoms with Gasteiger partial charge in [-0.25, -0.2) is 4.98 Å². The number of carboxylic acids is 1. The summed E-state index contributed by atoms with van der Waals surface area (Å²) in [6.07, 6.45) is 2.29. The summed E-state index contributed by atoms with van der Waals surface area (Å²) in [7, 11) is 0. The van der Waals surface area contributed by atoms with Crippen molar-refractivity contribution in [3.8, 4) is 11.1 Å². The number of thiophene rings is 1. The number of carbonyl (C=O) groups excluding carboxylic acids is 1. The average molecular weight is 394 g/mol. The van der Waals surface area contributed by atoms with Crippen LogP contribution in [0.4, 0.5) is 0 Å². The van der Waals surface area contributed by atoms with Gasteiger partial charge in [0, 0.05) is 34.4 Å². The number of aliphatic carboxylic acids is 1. The first-order valence-corrected chi connectivity index (χ1v) is 10.8. The van der Waals surface area contributed by atoms with Gasteiger partial charge < -0.3 is 15.2 Å². The molecular weight excluding hydrogens is 368 g/mol. The second kappa shape index (κ2) is 7.64. The number of fused-ring (bicyclic) bond motifs is 3. The van der Waals surface area contributed by atoms with Crippen molar-refractivity contribution in [2.45, 2.75) is 52.5 Å². The van der Waals surface area contributed by atoms with Crippen molar-refractivity contribution in [3.05, 3.63) is 51.5 Å². The van der Waals surface area contributed by atoms with Gasteiger partial charge >= 0.3 is 0 Å². The van der Waals surface area contributed by atoms with Crippen LogP contribution in [0.5, 0.6) is 0 Å². The zero-order valence-electron chi connectivity index (χ0n) is 16.6. The van der Waals surface area contributed by atoms with Crippen LogP contribution in [-0.2, 0) is 17.8 Å². The number of hydrogen-bond acceptors (Lipinski definition) is 5. The molecule has 1 aromatic carbocycles. The van der Waals surface area contributed by atoms with Crippen molar-refractivity contribution >= 4 is 27.5 Å². The fraction of sp³-hybridized carbons (Fsp3) is 0.391. The Hall–Kier alpha value is -2.24. The Kier molecular flexibility index (Phi) is 5.21. The Morgan fingerprint density at radius 3 is 2.71 bits per heavy atom. The lowest BCUT2D eigenvalue weighted by Gasteiger charge is -2.24. The first-order chi connectivity index (χ1) is 13.5. The zero-order chi connectivity index (χ0) is 19.8. The fourth-order valence-corrected chi connectivity index (χ4v) is 5.54. The first kappa shape index (κ1) is 19.1. The van der Waals surface area contributed by atoms with Gasteiger partial charge in [-0.3, -0.25) is 0 Å². The Balaban J connectivity index is 2.09. The summed E-state index contributed by atoms with van der Waals surface area (Å²) in [4.78, 5) is 19.3. The highest BCUT2D eigenvalue weighted by molar-refractivity contribution is 7.19. The van der Waals surface area contributed by atoms with Crippen molar-refractivity contribution in [1.82, 2.24) is 10.3 Å². The molecule has 0 fully saturated rings. The van der Waals surface area contributed by atoms with E-state index in [1.54, 1.807) is 11.3 Å². The van der Waals surface area contributed by atoms with E-state index in [-0.39, 0.29) is 0 Å². The number of rotatable bonds is 5. The van der Waals surface area contributed by atoms with Crippen LogP contribution in [0.15, 0.2) is 24.3 Å². The Labute approximate surface area is 169 Å². The molecule has 0 saturated carbocycles. The number of nitrogens with zero attached hydrogens (tertiary/aromatic N) is 1. The van der Waals surface area contributed by atoms with Gasteiger partial charge in [-0.1, -0.05) is 43.2 Å². The molecule has 0 bridgehead atoms. The minimum absolute atomic E-state index is 0.559. The number of aromatic nitrogens is 1. The number of benzene rings is 1. The number of carbonyl (C=O) groups is 1. The van der Waals surface area contributed by atoms with Gasteiger partial charge in [0.15, 0.2) is 0 Å². The molecule has 2 aromatic heterocycles. The zero-order valence-corrected chi connectivity index (χ0v) is 17.4. The summed E-state index contributed by atoms with van der Waals surface area (Å²) in [5.41, 5.74) is 6.27. The molecule has 5 heteroatoms. The van der Waals surface area contributed by atoms with Crippen LogP contribution in [0.1, 0.15) is 52.9 Å². The van der Waals surface area contributed by atoms with Crippen molar-refractivity contribution in [2.75, 3.05) is 6.54 Å². The second-order valence-corrected chi connectivity index (χ2v) is 8.71. The van der Waals surface area contributed by atoms with E-state index in [2.05, 4.69) is 36.5 Å². The van der Waals surface area contributed by atoms with Gasteiger partial charge in [-0.15, -0.1) is 11.3 Å². The van der Waals surface area contributed by atoms with Gasteiger partial charge in [0.25, 0.3) is 0 Å². The largest absolute Gasteiger partial charge is 0.549 e. The predicted molar refractivity (Wildman–Crippen MR) is 113 cm³/mol. The van der Waals surface area contributed by atoms with Crippen LogP contribution in [-0.4, -0.2) is 17.5 Å². The monoisotopic (exact) mass is 393 g/mol. The Morgan fingerprint density at radius 2 is 2.04 bits per heavy atom. The number of hydrogen-bond donors (Lipinski definition) is 1. The molecule has 3 aromatic rings. The molecule has 146 valence electrons. The molecule has 1 N–H and O–H groups in total. The Bertz CT molecular complexity index is 1040. The molecule has 1 atom stereocenters. The molecule has 0 aliphatic carbocycles. The van der Waals surface area contributed by atoms with Crippen molar-refractivity contribution in [1.29, 1.82) is 0 Å². The molecule has 4 nitrogen and oxygen atoms in total. The summed E-state index contributed by atoms with van der Waals surface area (Å²) in [5.74, 6) is -1.65. The topological polar surface area (TPSA) is 65.0 Å². The third-order valence-electron chi connectivity index (χ3n) is 5.64. The van der Waals surface area contributed by atoms with Gasteiger partial charge in [-0.2, -0.15) is 0 Å². The van der Waals surface area contributed by atoms with Gasteiger partial charge in [0.05, 0.1) is 0 Å². The maximum Gasteiger partial charge on any atom is 0.124 e. The summed E-state index contributed by atoms with van der Waals surface area (Å²) in [6, 6.07) is 8.40. The van der Waals surface area contributed by atoms with E-state index in [1.165, 1.54) is 16.0 Å². The molecule has 1 aliphatic rings. The lowest BCUT2D eigenvalue weighted by atomic mass is 9.84. The lowest BCUT2D eigenvalue weighted by molar-refractivity contribution is -0.308. The van der Waals surface area contributed by atoms with E-state index in [1.807, 2.05) is 13.8 Å². The highest BCUT2D eigenvalue weighted by Crippen LogP contribution is 2.44. The summed E-state index contributed by atoms with van der Waals surface area (Å²) < 4.78 is 0. The van der Waals surface area contributed by atoms with E-state index in [0.717, 1.165) is 58.5 Å². The van der Waals surface area contributed by atoms with Crippen LogP contribution in [0.25, 0.3) is 21.3 Å². The third-order valence-corrected chi connectivity index (χ3v) is 6.76. The van der Waals surface area contributed by atoms with Crippen molar-refractivity contribution in [3.63, 3.8) is 0 Å². The van der Waals surface area contributed by atoms with E-state index in [0.29, 0.717) is 6.42 Å². The van der Waals surface area contributed by atoms with E-state index in [4.69, 9.17) is 4.98 Å². The van der Waals surface area contributed by atoms with E-state index in [9.17, 15) is 9.90 Å². The number of nitrogens with one attached hydrogen (secondary N) is 1. The normalized spacial score (nSPS) is 14.8. The first-order valence-electron chi connectivity index (χ1n) is 9.94. The van der Waals surface area contributed by atoms with Crippen LogP contribution >= 0.6 is 11.3 Å². The molecule has 0 spiro atoms. The predicted octanol–water partition coefficient (Wildman–Crippen LogP) is 3.86. The standard InChI is InChI=1S/C23H26N2O2S/c1-4-5-17(23(26)27)19-14(3)25-22-21(16-10-11-24-12-18(16)28-22)20(19)15-8-6-13(2)7-9-15/h6-9,17,24H,4-5,10-12H2,1-3H3,(H,26,27)/p-1. The fourth-order valence-electron chi connectivity index (χ4n) is 4.30. The third kappa shape index (κ3) is 3.23. The molecular formula is C23H25N2O2S-. The molecule has 4 rings (SSSR count). The maximum absolute atomic E-state index is 12.1. The highest BCUT2D eigenvalue weighted by Gasteiger charge is 2.27. The number of pyridine rings is 1. The number of aryl methyl sites for hydroxylation is 2. The maximum atomic E-state index is 12.1. The van der Waals surface area contributed by atoms with Crippen LogP contribution < -0.4 is 10.4 Å². The summed E-state index contributed by atoms with van der Waals surface area (Å²) in [6.45, 7) is 7.82. The van der Waals surface area contributed by atoms with E-state index < -0.39 is 11.9 Å². The number of carboxylic acid groups (broad SMARTS) is 1. The minimum Gasteiger partial charge on any atom is -0.549 e. The highest BCUT2D eigenvalue weighted by atomic mass is 32.1. The van der Waals surface area contributed by atoms with Gasteiger partial charge in [-0.05, 0) is 55.5 Å². The Morgan fingerprint density at radius 1 is 1.29 bits per heavy atom. The van der Waals surface area contributed by atoms with Crippen LogP contribution in [0.2, 0.25) is 0 Å². The van der Waals surface area contributed by atoms with Gasteiger partial charge in [0.2, 0.25) is 0 Å². The second-order valence-electron chi connectivity index (χ2n) is 7.62. The molecule has 1 unspecified atom stereocenters. The molecule has 1 aliphatic heterocycles. The summed E-state index contributed by atoms with van der Waals surface area (Å²) in [5, 5.41) is 16.7. The van der Waals surface area contributed by atoms with Crippen LogP contribution in [0.3, 0.4) is 0 Å².